The Kier molecular flexibility index (Phi) is 3.10. The largest absolute Gasteiger partial charge is 0.411 e. The van der Waals surface area contributed by atoms with Gasteiger partial charge in [-0.25, -0.2) is 4.79 Å². The highest BCUT2D eigenvalue weighted by Crippen LogP contribution is 2.25. The first-order chi connectivity index (χ1) is 8.11. The van der Waals surface area contributed by atoms with Crippen molar-refractivity contribution in [2.75, 3.05) is 0 Å². The van der Waals surface area contributed by atoms with Crippen molar-refractivity contribution in [1.29, 1.82) is 0 Å². The van der Waals surface area contributed by atoms with Crippen LogP contribution in [0.3, 0.4) is 0 Å². The van der Waals surface area contributed by atoms with E-state index in [1.165, 1.54) is 17.0 Å². The minimum atomic E-state index is -0.493. The number of hydrogen-bond acceptors (Lipinski definition) is 5. The molecule has 2 rings (SSSR count). The van der Waals surface area contributed by atoms with E-state index in [0.717, 1.165) is 0 Å². The predicted molar refractivity (Wildman–Crippen MR) is 59.5 cm³/mol. The molecule has 0 radical (unpaired) electrons. The molecule has 0 bridgehead atoms. The number of nitrogens with zero attached hydrogens (tertiary/aromatic N) is 2. The van der Waals surface area contributed by atoms with Crippen LogP contribution < -0.4 is 11.2 Å². The first-order valence-electron chi connectivity index (χ1n) is 5.27. The summed E-state index contributed by atoms with van der Waals surface area (Å²) in [7, 11) is 0. The monoisotopic (exact) mass is 239 g/mol. The summed E-state index contributed by atoms with van der Waals surface area (Å²) in [5.41, 5.74) is -0.433. The summed E-state index contributed by atoms with van der Waals surface area (Å²) in [4.78, 5) is 25.0. The van der Waals surface area contributed by atoms with E-state index >= 15 is 0 Å². The summed E-state index contributed by atoms with van der Waals surface area (Å²) in [5, 5.41) is 11.3. The van der Waals surface area contributed by atoms with Crippen LogP contribution in [-0.4, -0.2) is 27.1 Å². The van der Waals surface area contributed by atoms with Crippen LogP contribution in [0.5, 0.6) is 0 Å². The maximum atomic E-state index is 11.6. The van der Waals surface area contributed by atoms with Crippen LogP contribution in [0.4, 0.5) is 0 Å². The van der Waals surface area contributed by atoms with Crippen molar-refractivity contribution < 1.29 is 9.94 Å². The lowest BCUT2D eigenvalue weighted by atomic mass is 10.2. The predicted octanol–water partition coefficient (Wildman–Crippen LogP) is -0.0174. The lowest BCUT2D eigenvalue weighted by molar-refractivity contribution is 0.0291. The Morgan fingerprint density at radius 2 is 2.35 bits per heavy atom. The fourth-order valence-electron chi connectivity index (χ4n) is 1.83. The fraction of sp³-hybridized carbons (Fsp3) is 0.500. The van der Waals surface area contributed by atoms with Crippen LogP contribution in [0.15, 0.2) is 20.9 Å². The molecule has 0 amide bonds. The third-order valence-corrected chi connectivity index (χ3v) is 2.72. The van der Waals surface area contributed by atoms with Crippen molar-refractivity contribution in [3.63, 3.8) is 0 Å². The molecular formula is C10H13N3O4. The second-order valence-corrected chi connectivity index (χ2v) is 3.95. The van der Waals surface area contributed by atoms with E-state index in [2.05, 4.69) is 10.1 Å². The molecule has 1 aliphatic rings. The lowest BCUT2D eigenvalue weighted by Crippen LogP contribution is -2.33. The number of hydrogen-bond donors (Lipinski definition) is 2. The Balaban J connectivity index is 2.28. The quantitative estimate of drug-likeness (QED) is 0.430. The normalized spacial score (nSPS) is 24.5. The van der Waals surface area contributed by atoms with Gasteiger partial charge in [0, 0.05) is 11.8 Å². The number of aryl methyl sites for hydroxylation is 1. The Bertz CT molecular complexity index is 545. The molecule has 7 heteroatoms. The molecule has 92 valence electrons. The molecule has 1 aromatic rings. The molecule has 1 fully saturated rings. The summed E-state index contributed by atoms with van der Waals surface area (Å²) < 4.78 is 6.84. The molecule has 1 aliphatic heterocycles. The molecular weight excluding hydrogens is 226 g/mol. The highest BCUT2D eigenvalue weighted by molar-refractivity contribution is 5.62. The molecule has 1 saturated heterocycles. The van der Waals surface area contributed by atoms with Gasteiger partial charge in [-0.15, -0.1) is 0 Å². The van der Waals surface area contributed by atoms with E-state index in [0.29, 0.717) is 18.4 Å². The first kappa shape index (κ1) is 11.6. The third-order valence-electron chi connectivity index (χ3n) is 2.72. The van der Waals surface area contributed by atoms with E-state index in [9.17, 15) is 9.59 Å². The molecule has 2 heterocycles. The average molecular weight is 239 g/mol. The van der Waals surface area contributed by atoms with Gasteiger partial charge in [0.2, 0.25) is 0 Å². The Morgan fingerprint density at radius 1 is 1.59 bits per heavy atom. The summed E-state index contributed by atoms with van der Waals surface area (Å²) in [6, 6.07) is 0. The van der Waals surface area contributed by atoms with Gasteiger partial charge in [-0.1, -0.05) is 5.16 Å². The first-order valence-corrected chi connectivity index (χ1v) is 5.27. The summed E-state index contributed by atoms with van der Waals surface area (Å²) in [6.45, 7) is 1.62. The van der Waals surface area contributed by atoms with Crippen molar-refractivity contribution in [1.82, 2.24) is 9.55 Å². The van der Waals surface area contributed by atoms with Crippen molar-refractivity contribution >= 4 is 6.21 Å². The van der Waals surface area contributed by atoms with Crippen molar-refractivity contribution in [2.45, 2.75) is 32.1 Å². The molecule has 0 unspecified atom stereocenters. The van der Waals surface area contributed by atoms with Crippen LogP contribution >= 0.6 is 0 Å². The van der Waals surface area contributed by atoms with E-state index in [1.54, 1.807) is 6.92 Å². The smallest absolute Gasteiger partial charge is 0.330 e. The van der Waals surface area contributed by atoms with Gasteiger partial charge in [-0.05, 0) is 19.8 Å². The molecule has 0 aliphatic carbocycles. The maximum absolute atomic E-state index is 11.6. The molecule has 0 saturated carbocycles. The van der Waals surface area contributed by atoms with Crippen molar-refractivity contribution in [2.24, 2.45) is 5.16 Å². The maximum Gasteiger partial charge on any atom is 0.330 e. The minimum absolute atomic E-state index is 0.302. The standard InChI is InChI=1S/C10H13N3O4/c1-6-5-13(10(15)12-9(6)14)8-3-2-7(17-8)4-11-16/h4-5,7-8,16H,2-3H2,1H3,(H,12,14,15)/b11-4+/t7-,8+/m0/s1. The number of H-pyrrole nitrogens is 1. The van der Waals surface area contributed by atoms with Crippen LogP contribution in [-0.2, 0) is 4.74 Å². The molecule has 0 aromatic carbocycles. The van der Waals surface area contributed by atoms with E-state index in [1.807, 2.05) is 0 Å². The van der Waals surface area contributed by atoms with Crippen LogP contribution in [0.2, 0.25) is 0 Å². The second kappa shape index (κ2) is 4.54. The fourth-order valence-corrected chi connectivity index (χ4v) is 1.83. The van der Waals surface area contributed by atoms with Gasteiger partial charge in [0.15, 0.2) is 0 Å². The topological polar surface area (TPSA) is 96.7 Å². The number of aromatic nitrogens is 2. The highest BCUT2D eigenvalue weighted by atomic mass is 16.5. The zero-order chi connectivity index (χ0) is 12.4. The number of oxime groups is 1. The van der Waals surface area contributed by atoms with Gasteiger partial charge < -0.3 is 9.94 Å². The average Bonchev–Trinajstić information content (AvgIpc) is 2.72. The number of ether oxygens (including phenoxy) is 1. The van der Waals surface area contributed by atoms with Gasteiger partial charge in [0.1, 0.15) is 6.23 Å². The minimum Gasteiger partial charge on any atom is -0.411 e. The Morgan fingerprint density at radius 3 is 3.06 bits per heavy atom. The Labute approximate surface area is 96.3 Å². The van der Waals surface area contributed by atoms with Crippen LogP contribution in [0, 0.1) is 6.92 Å². The van der Waals surface area contributed by atoms with Crippen molar-refractivity contribution in [3.8, 4) is 0 Å². The third kappa shape index (κ3) is 2.28. The second-order valence-electron chi connectivity index (χ2n) is 3.95. The van der Waals surface area contributed by atoms with Crippen LogP contribution in [0.1, 0.15) is 24.6 Å². The van der Waals surface area contributed by atoms with E-state index in [4.69, 9.17) is 9.94 Å². The van der Waals surface area contributed by atoms with Crippen LogP contribution in [0.25, 0.3) is 0 Å². The van der Waals surface area contributed by atoms with E-state index in [-0.39, 0.29) is 6.10 Å². The summed E-state index contributed by atoms with van der Waals surface area (Å²) in [6.07, 6.45) is 3.32. The molecule has 0 spiro atoms. The van der Waals surface area contributed by atoms with Crippen molar-refractivity contribution in [3.05, 3.63) is 32.6 Å². The highest BCUT2D eigenvalue weighted by Gasteiger charge is 2.26. The van der Waals surface area contributed by atoms with Gasteiger partial charge in [0.05, 0.1) is 12.3 Å². The van der Waals surface area contributed by atoms with Gasteiger partial charge >= 0.3 is 5.69 Å². The Hall–Kier alpha value is -1.89. The van der Waals surface area contributed by atoms with Gasteiger partial charge in [-0.2, -0.15) is 0 Å². The number of aromatic amines is 1. The van der Waals surface area contributed by atoms with Gasteiger partial charge in [0.25, 0.3) is 5.56 Å². The van der Waals surface area contributed by atoms with Gasteiger partial charge in [-0.3, -0.25) is 14.3 Å². The number of nitrogens with one attached hydrogen (secondary N) is 1. The number of rotatable bonds is 2. The molecule has 17 heavy (non-hydrogen) atoms. The zero-order valence-electron chi connectivity index (χ0n) is 9.29. The van der Waals surface area contributed by atoms with E-state index < -0.39 is 17.5 Å². The SMILES string of the molecule is Cc1cn([C@H]2CC[C@@H](/C=N/O)O2)c(=O)[nH]c1=O. The summed E-state index contributed by atoms with van der Waals surface area (Å²) >= 11 is 0. The molecule has 2 N–H and O–H groups in total. The zero-order valence-corrected chi connectivity index (χ0v) is 9.29. The lowest BCUT2D eigenvalue weighted by Gasteiger charge is -2.14. The molecule has 7 nitrogen and oxygen atoms in total. The molecule has 1 aromatic heterocycles. The molecule has 2 atom stereocenters. The summed E-state index contributed by atoms with van der Waals surface area (Å²) in [5.74, 6) is 0.